The zero-order valence-corrected chi connectivity index (χ0v) is 20.9. The summed E-state index contributed by atoms with van der Waals surface area (Å²) in [5.41, 5.74) is 1.39. The highest BCUT2D eigenvalue weighted by Crippen LogP contribution is 2.24. The number of carbonyl (C=O) groups is 2. The SMILES string of the molecule is COCCCNC(=O)c1ccccc1NC(=O)c1ccc(N(C)S(=O)(=O)c2ccc(Cl)cc2)cc1. The number of amides is 2. The Kier molecular flexibility index (Phi) is 8.86. The summed E-state index contributed by atoms with van der Waals surface area (Å²) in [4.78, 5) is 25.4. The van der Waals surface area contributed by atoms with Gasteiger partial charge in [0.25, 0.3) is 21.8 Å². The number of benzene rings is 3. The molecule has 0 saturated carbocycles. The fraction of sp³-hybridized carbons (Fsp3) is 0.200. The Morgan fingerprint density at radius 1 is 0.943 bits per heavy atom. The maximum atomic E-state index is 12.9. The Balaban J connectivity index is 1.71. The standard InChI is InChI=1S/C25H26ClN3O5S/c1-29(35(32,33)21-14-10-19(26)11-15-21)20-12-8-18(9-13-20)24(30)28-23-7-4-3-6-22(23)25(31)27-16-5-17-34-2/h3-4,6-15H,5,16-17H2,1-2H3,(H,27,31)(H,28,30). The highest BCUT2D eigenvalue weighted by atomic mass is 35.5. The van der Waals surface area contributed by atoms with Crippen LogP contribution in [0.25, 0.3) is 0 Å². The maximum Gasteiger partial charge on any atom is 0.264 e. The fourth-order valence-corrected chi connectivity index (χ4v) is 4.55. The Labute approximate surface area is 209 Å². The van der Waals surface area contributed by atoms with Crippen molar-refractivity contribution in [1.29, 1.82) is 0 Å². The van der Waals surface area contributed by atoms with Crippen molar-refractivity contribution < 1.29 is 22.7 Å². The summed E-state index contributed by atoms with van der Waals surface area (Å²) >= 11 is 5.85. The molecule has 10 heteroatoms. The highest BCUT2D eigenvalue weighted by molar-refractivity contribution is 7.92. The largest absolute Gasteiger partial charge is 0.385 e. The van der Waals surface area contributed by atoms with Crippen LogP contribution < -0.4 is 14.9 Å². The van der Waals surface area contributed by atoms with E-state index in [1.54, 1.807) is 31.4 Å². The number of hydrogen-bond donors (Lipinski definition) is 2. The van der Waals surface area contributed by atoms with Crippen molar-refractivity contribution in [3.05, 3.63) is 88.9 Å². The van der Waals surface area contributed by atoms with Gasteiger partial charge in [-0.3, -0.25) is 13.9 Å². The number of hydrogen-bond acceptors (Lipinski definition) is 5. The van der Waals surface area contributed by atoms with Gasteiger partial charge in [0.05, 0.1) is 21.8 Å². The van der Waals surface area contributed by atoms with Gasteiger partial charge >= 0.3 is 0 Å². The van der Waals surface area contributed by atoms with E-state index in [0.717, 1.165) is 4.31 Å². The van der Waals surface area contributed by atoms with Crippen molar-refractivity contribution in [2.75, 3.05) is 36.9 Å². The topological polar surface area (TPSA) is 105 Å². The van der Waals surface area contributed by atoms with Gasteiger partial charge in [-0.1, -0.05) is 23.7 Å². The number of ether oxygens (including phenoxy) is 1. The third kappa shape index (κ3) is 6.60. The summed E-state index contributed by atoms with van der Waals surface area (Å²) < 4.78 is 31.9. The van der Waals surface area contributed by atoms with Crippen molar-refractivity contribution in [3.8, 4) is 0 Å². The normalized spacial score (nSPS) is 11.1. The van der Waals surface area contributed by atoms with E-state index in [9.17, 15) is 18.0 Å². The molecule has 3 aromatic carbocycles. The van der Waals surface area contributed by atoms with Crippen molar-refractivity contribution in [2.45, 2.75) is 11.3 Å². The van der Waals surface area contributed by atoms with E-state index in [1.165, 1.54) is 55.6 Å². The first-order chi connectivity index (χ1) is 16.7. The van der Waals surface area contributed by atoms with Crippen LogP contribution in [0.1, 0.15) is 27.1 Å². The molecule has 0 aliphatic carbocycles. The van der Waals surface area contributed by atoms with E-state index >= 15 is 0 Å². The van der Waals surface area contributed by atoms with Gasteiger partial charge in [0.2, 0.25) is 0 Å². The van der Waals surface area contributed by atoms with Gasteiger partial charge in [-0.15, -0.1) is 0 Å². The molecule has 0 fully saturated rings. The van der Waals surface area contributed by atoms with Crippen LogP contribution in [0.2, 0.25) is 5.02 Å². The van der Waals surface area contributed by atoms with E-state index < -0.39 is 15.9 Å². The summed E-state index contributed by atoms with van der Waals surface area (Å²) in [7, 11) is -0.771. The van der Waals surface area contributed by atoms with Gasteiger partial charge in [-0.2, -0.15) is 0 Å². The van der Waals surface area contributed by atoms with Crippen molar-refractivity contribution >= 4 is 44.8 Å². The van der Waals surface area contributed by atoms with Crippen molar-refractivity contribution in [3.63, 3.8) is 0 Å². The molecule has 3 rings (SSSR count). The number of rotatable bonds is 10. The number of halogens is 1. The third-order valence-corrected chi connectivity index (χ3v) is 7.25. The molecule has 0 spiro atoms. The van der Waals surface area contributed by atoms with Crippen LogP contribution in [-0.4, -0.2) is 47.5 Å². The molecule has 0 aliphatic rings. The van der Waals surface area contributed by atoms with Gasteiger partial charge in [0.1, 0.15) is 0 Å². The third-order valence-electron chi connectivity index (χ3n) is 5.20. The van der Waals surface area contributed by atoms with E-state index in [0.29, 0.717) is 47.1 Å². The number of para-hydroxylation sites is 1. The molecule has 3 aromatic rings. The lowest BCUT2D eigenvalue weighted by molar-refractivity contribution is 0.0949. The lowest BCUT2D eigenvalue weighted by atomic mass is 10.1. The summed E-state index contributed by atoms with van der Waals surface area (Å²) in [5, 5.41) is 5.99. The predicted molar refractivity (Wildman–Crippen MR) is 137 cm³/mol. The number of methoxy groups -OCH3 is 1. The Morgan fingerprint density at radius 3 is 2.26 bits per heavy atom. The van der Waals surface area contributed by atoms with E-state index in [4.69, 9.17) is 16.3 Å². The molecular formula is C25H26ClN3O5S. The fourth-order valence-electron chi connectivity index (χ4n) is 3.22. The van der Waals surface area contributed by atoms with Crippen LogP contribution >= 0.6 is 11.6 Å². The van der Waals surface area contributed by atoms with Gasteiger partial charge in [-0.05, 0) is 67.1 Å². The minimum Gasteiger partial charge on any atom is -0.385 e. The van der Waals surface area contributed by atoms with Crippen molar-refractivity contribution in [2.24, 2.45) is 0 Å². The van der Waals surface area contributed by atoms with Crippen LogP contribution in [0, 0.1) is 0 Å². The van der Waals surface area contributed by atoms with Crippen LogP contribution in [0.15, 0.2) is 77.7 Å². The number of nitrogens with one attached hydrogen (secondary N) is 2. The Bertz CT molecular complexity index is 1280. The van der Waals surface area contributed by atoms with E-state index in [-0.39, 0.29) is 10.8 Å². The lowest BCUT2D eigenvalue weighted by Gasteiger charge is -2.20. The molecule has 8 nitrogen and oxygen atoms in total. The Hall–Kier alpha value is -3.40. The second-order valence-electron chi connectivity index (χ2n) is 7.58. The molecule has 0 radical (unpaired) electrons. The van der Waals surface area contributed by atoms with Gasteiger partial charge in [0, 0.05) is 37.9 Å². The lowest BCUT2D eigenvalue weighted by Crippen LogP contribution is -2.27. The zero-order chi connectivity index (χ0) is 25.4. The van der Waals surface area contributed by atoms with Crippen LogP contribution in [0.4, 0.5) is 11.4 Å². The molecule has 2 N–H and O–H groups in total. The molecule has 0 bridgehead atoms. The van der Waals surface area contributed by atoms with Gasteiger partial charge in [-0.25, -0.2) is 8.42 Å². The molecule has 0 saturated heterocycles. The average Bonchev–Trinajstić information content (AvgIpc) is 2.86. The Morgan fingerprint density at radius 2 is 1.60 bits per heavy atom. The first-order valence-corrected chi connectivity index (χ1v) is 12.6. The van der Waals surface area contributed by atoms with Crippen LogP contribution in [0.3, 0.4) is 0 Å². The molecule has 35 heavy (non-hydrogen) atoms. The molecule has 0 unspecified atom stereocenters. The summed E-state index contributed by atoms with van der Waals surface area (Å²) in [6.45, 7) is 0.980. The molecular weight excluding hydrogens is 490 g/mol. The molecule has 2 amide bonds. The van der Waals surface area contributed by atoms with E-state index in [1.807, 2.05) is 0 Å². The highest BCUT2D eigenvalue weighted by Gasteiger charge is 2.21. The van der Waals surface area contributed by atoms with E-state index in [2.05, 4.69) is 10.6 Å². The number of sulfonamides is 1. The summed E-state index contributed by atoms with van der Waals surface area (Å²) in [5.74, 6) is -0.735. The molecule has 0 aliphatic heterocycles. The van der Waals surface area contributed by atoms with Gasteiger partial charge < -0.3 is 15.4 Å². The average molecular weight is 516 g/mol. The first kappa shape index (κ1) is 26.2. The molecule has 184 valence electrons. The first-order valence-electron chi connectivity index (χ1n) is 10.8. The molecule has 0 aromatic heterocycles. The maximum absolute atomic E-state index is 12.9. The summed E-state index contributed by atoms with van der Waals surface area (Å²) in [6.07, 6.45) is 0.672. The molecule has 0 heterocycles. The summed E-state index contributed by atoms with van der Waals surface area (Å²) in [6, 6.07) is 18.7. The zero-order valence-electron chi connectivity index (χ0n) is 19.3. The number of nitrogens with zero attached hydrogens (tertiary/aromatic N) is 1. The number of carbonyl (C=O) groups excluding carboxylic acids is 2. The minimum atomic E-state index is -3.80. The monoisotopic (exact) mass is 515 g/mol. The second kappa shape index (κ2) is 11.8. The van der Waals surface area contributed by atoms with Crippen LogP contribution in [-0.2, 0) is 14.8 Å². The number of anilines is 2. The minimum absolute atomic E-state index is 0.100. The van der Waals surface area contributed by atoms with Crippen molar-refractivity contribution in [1.82, 2.24) is 5.32 Å². The predicted octanol–water partition coefficient (Wildman–Crippen LogP) is 4.18. The van der Waals surface area contributed by atoms with Crippen LogP contribution in [0.5, 0.6) is 0 Å². The molecule has 0 atom stereocenters. The quantitative estimate of drug-likeness (QED) is 0.394. The van der Waals surface area contributed by atoms with Gasteiger partial charge in [0.15, 0.2) is 0 Å². The second-order valence-corrected chi connectivity index (χ2v) is 9.98. The smallest absolute Gasteiger partial charge is 0.264 e.